The number of carbonyl (C=O) groups is 1. The lowest BCUT2D eigenvalue weighted by atomic mass is 10.3. The maximum Gasteiger partial charge on any atom is 0.164 e. The van der Waals surface area contributed by atoms with Crippen LogP contribution in [0.15, 0.2) is 30.3 Å². The number of Topliss-reactive ketones (excluding diaryl/α,β-unsaturated/α-hetero) is 1. The molecule has 0 saturated heterocycles. The first-order chi connectivity index (χ1) is 5.34. The largest absolute Gasteiger partial charge is 0.294 e. The van der Waals surface area contributed by atoms with Gasteiger partial charge in [0.15, 0.2) is 5.78 Å². The van der Waals surface area contributed by atoms with Gasteiger partial charge in [-0.05, 0) is 0 Å². The van der Waals surface area contributed by atoms with E-state index in [2.05, 4.69) is 0 Å². The molecule has 0 bridgehead atoms. The average Bonchev–Trinajstić information content (AvgIpc) is 2.07. The van der Waals surface area contributed by atoms with Crippen molar-refractivity contribution in [2.45, 2.75) is 6.42 Å². The van der Waals surface area contributed by atoms with Crippen LogP contribution < -0.4 is 0 Å². The number of alkyl halides is 1. The first-order valence-corrected chi connectivity index (χ1v) is 4.02. The molecule has 0 N–H and O–H groups in total. The highest BCUT2D eigenvalue weighted by atomic mass is 35.5. The molecule has 0 spiro atoms. The van der Waals surface area contributed by atoms with E-state index in [-0.39, 0.29) is 5.78 Å². The molecule has 2 heteroatoms. The average molecular weight is 171 g/mol. The van der Waals surface area contributed by atoms with Crippen molar-refractivity contribution in [3.05, 3.63) is 35.9 Å². The fraction of sp³-hybridized carbons (Fsp3) is 0.222. The smallest absolute Gasteiger partial charge is 0.164 e. The number of halogens is 1. The monoisotopic (exact) mass is 170 g/mol. The number of rotatable bonds is 3. The van der Waals surface area contributed by atoms with E-state index in [0.29, 0.717) is 12.3 Å². The summed E-state index contributed by atoms with van der Waals surface area (Å²) in [5, 5.41) is 0. The quantitative estimate of drug-likeness (QED) is 0.503. The van der Waals surface area contributed by atoms with Crippen LogP contribution in [-0.4, -0.2) is 11.7 Å². The third kappa shape index (κ3) is 2.35. The summed E-state index contributed by atoms with van der Waals surface area (Å²) < 4.78 is 0. The number of benzene rings is 1. The van der Waals surface area contributed by atoms with Crippen molar-refractivity contribution >= 4 is 17.4 Å². The molecule has 0 aliphatic heterocycles. The molecule has 1 aromatic carbocycles. The maximum absolute atomic E-state index is 11.2. The zero-order valence-electron chi connectivity index (χ0n) is 6.09. The zero-order valence-corrected chi connectivity index (χ0v) is 6.84. The number of ketones is 1. The first kappa shape index (κ1) is 8.28. The van der Waals surface area contributed by atoms with Crippen LogP contribution in [0.1, 0.15) is 16.8 Å². The summed E-state index contributed by atoms with van der Waals surface area (Å²) in [7, 11) is 0. The van der Waals surface area contributed by atoms with Crippen LogP contribution in [0, 0.1) is 0 Å². The first-order valence-electron chi connectivity index (χ1n) is 3.49. The third-order valence-electron chi connectivity index (χ3n) is 1.42. The molecule has 0 atom stereocenters. The molecule has 0 saturated carbocycles. The van der Waals surface area contributed by atoms with Crippen molar-refractivity contribution in [3.8, 4) is 0 Å². The molecule has 0 amide bonds. The van der Waals surface area contributed by atoms with Crippen molar-refractivity contribution in [1.82, 2.24) is 0 Å². The molecule has 11 heavy (non-hydrogen) atoms. The number of hydrogen-bond acceptors (Lipinski definition) is 1. The molecule has 58 valence electrons. The summed E-state index contributed by atoms with van der Waals surface area (Å²) >= 11 is 5.43. The minimum absolute atomic E-state index is 0.112. The van der Waals surface area contributed by atoms with Gasteiger partial charge >= 0.3 is 0 Å². The standard InChI is InChI=1S/C9H9ClO/c10-7-6-9(11)8-4-2-1-3-5-8/h1-5H,6-7H2/i9+2. The predicted molar refractivity (Wildman–Crippen MR) is 46.1 cm³/mol. The van der Waals surface area contributed by atoms with Gasteiger partial charge < -0.3 is 0 Å². The Morgan fingerprint density at radius 1 is 1.27 bits per heavy atom. The summed E-state index contributed by atoms with van der Waals surface area (Å²) in [6.45, 7) is 0. The van der Waals surface area contributed by atoms with Gasteiger partial charge in [0.25, 0.3) is 0 Å². The van der Waals surface area contributed by atoms with Gasteiger partial charge in [-0.25, -0.2) is 0 Å². The van der Waals surface area contributed by atoms with Gasteiger partial charge in [-0.3, -0.25) is 4.79 Å². The highest BCUT2D eigenvalue weighted by molar-refractivity contribution is 6.19. The second-order valence-electron chi connectivity index (χ2n) is 2.23. The van der Waals surface area contributed by atoms with Crippen LogP contribution in [0.5, 0.6) is 0 Å². The van der Waals surface area contributed by atoms with Crippen LogP contribution in [-0.2, 0) is 0 Å². The summed E-state index contributed by atoms with van der Waals surface area (Å²) in [6, 6.07) is 9.18. The van der Waals surface area contributed by atoms with E-state index in [1.165, 1.54) is 0 Å². The SMILES string of the molecule is O=[14C](CCCl)c1ccccc1. The second kappa shape index (κ2) is 4.14. The minimum atomic E-state index is 0.112. The fourth-order valence-corrected chi connectivity index (χ4v) is 1.03. The van der Waals surface area contributed by atoms with E-state index in [1.807, 2.05) is 18.2 Å². The maximum atomic E-state index is 11.2. The van der Waals surface area contributed by atoms with E-state index < -0.39 is 0 Å². The molecule has 0 aliphatic rings. The van der Waals surface area contributed by atoms with E-state index in [9.17, 15) is 4.79 Å². The lowest BCUT2D eigenvalue weighted by molar-refractivity contribution is 0.0989. The van der Waals surface area contributed by atoms with E-state index >= 15 is 0 Å². The number of carbonyl (C=O) groups excluding carboxylic acids is 1. The molecule has 0 heterocycles. The number of hydrogen-bond donors (Lipinski definition) is 0. The Hall–Kier alpha value is -0.820. The van der Waals surface area contributed by atoms with Crippen LogP contribution in [0.2, 0.25) is 0 Å². The Kier molecular flexibility index (Phi) is 3.12. The van der Waals surface area contributed by atoms with E-state index in [1.54, 1.807) is 12.1 Å². The van der Waals surface area contributed by atoms with Crippen molar-refractivity contribution in [2.75, 3.05) is 5.88 Å². The molecule has 0 unspecified atom stereocenters. The highest BCUT2D eigenvalue weighted by Crippen LogP contribution is 2.02. The second-order valence-corrected chi connectivity index (χ2v) is 2.61. The van der Waals surface area contributed by atoms with Crippen molar-refractivity contribution in [1.29, 1.82) is 0 Å². The van der Waals surface area contributed by atoms with Crippen molar-refractivity contribution in [3.63, 3.8) is 0 Å². The summed E-state index contributed by atoms with van der Waals surface area (Å²) in [5.74, 6) is 0.508. The molecule has 1 aromatic rings. The summed E-state index contributed by atoms with van der Waals surface area (Å²) in [4.78, 5) is 11.2. The molecular weight excluding hydrogens is 162 g/mol. The highest BCUT2D eigenvalue weighted by Gasteiger charge is 2.01. The van der Waals surface area contributed by atoms with Gasteiger partial charge in [-0.1, -0.05) is 30.3 Å². The third-order valence-corrected chi connectivity index (χ3v) is 1.61. The summed E-state index contributed by atoms with van der Waals surface area (Å²) in [6.07, 6.45) is 0.422. The van der Waals surface area contributed by atoms with Gasteiger partial charge in [-0.15, -0.1) is 11.6 Å². The molecule has 0 radical (unpaired) electrons. The Bertz CT molecular complexity index is 231. The van der Waals surface area contributed by atoms with Crippen LogP contribution >= 0.6 is 11.6 Å². The predicted octanol–water partition coefficient (Wildman–Crippen LogP) is 2.50. The van der Waals surface area contributed by atoms with Crippen molar-refractivity contribution in [2.24, 2.45) is 0 Å². The molecule has 1 rings (SSSR count). The van der Waals surface area contributed by atoms with Gasteiger partial charge in [0, 0.05) is 17.9 Å². The van der Waals surface area contributed by atoms with Gasteiger partial charge in [0.2, 0.25) is 0 Å². The molecular formula is C9H9ClO. The summed E-state index contributed by atoms with van der Waals surface area (Å²) in [5.41, 5.74) is 0.744. The molecule has 0 fully saturated rings. The Morgan fingerprint density at radius 3 is 2.45 bits per heavy atom. The lowest BCUT2D eigenvalue weighted by Gasteiger charge is -1.95. The van der Waals surface area contributed by atoms with E-state index in [4.69, 9.17) is 11.6 Å². The van der Waals surface area contributed by atoms with Gasteiger partial charge in [-0.2, -0.15) is 0 Å². The minimum Gasteiger partial charge on any atom is -0.294 e. The van der Waals surface area contributed by atoms with Gasteiger partial charge in [0.1, 0.15) is 0 Å². The lowest BCUT2D eigenvalue weighted by Crippen LogP contribution is -1.98. The van der Waals surface area contributed by atoms with Gasteiger partial charge in [0.05, 0.1) is 0 Å². The van der Waals surface area contributed by atoms with Crippen molar-refractivity contribution < 1.29 is 4.79 Å². The molecule has 0 aromatic heterocycles. The van der Waals surface area contributed by atoms with Crippen LogP contribution in [0.3, 0.4) is 0 Å². The molecule has 0 aliphatic carbocycles. The molecule has 1 nitrogen and oxygen atoms in total. The van der Waals surface area contributed by atoms with E-state index in [0.717, 1.165) is 5.56 Å². The Balaban J connectivity index is 2.69. The Morgan fingerprint density at radius 2 is 1.91 bits per heavy atom. The zero-order chi connectivity index (χ0) is 8.10. The van der Waals surface area contributed by atoms with Crippen LogP contribution in [0.4, 0.5) is 0 Å². The Labute approximate surface area is 71.0 Å². The topological polar surface area (TPSA) is 17.1 Å². The normalized spacial score (nSPS) is 9.55. The van der Waals surface area contributed by atoms with Crippen LogP contribution in [0.25, 0.3) is 0 Å². The fourth-order valence-electron chi connectivity index (χ4n) is 0.854.